The molecule has 2 aromatic carbocycles. The van der Waals surface area contributed by atoms with Gasteiger partial charge in [0.25, 0.3) is 5.91 Å². The zero-order valence-electron chi connectivity index (χ0n) is 17.0. The molecule has 158 valence electrons. The van der Waals surface area contributed by atoms with Crippen LogP contribution in [0.3, 0.4) is 0 Å². The predicted octanol–water partition coefficient (Wildman–Crippen LogP) is 4.06. The minimum absolute atomic E-state index is 0.00292. The van der Waals surface area contributed by atoms with E-state index < -0.39 is 0 Å². The van der Waals surface area contributed by atoms with Crippen molar-refractivity contribution < 1.29 is 14.4 Å². The minimum Gasteiger partial charge on any atom is -0.342 e. The summed E-state index contributed by atoms with van der Waals surface area (Å²) in [6.07, 6.45) is 1.54. The van der Waals surface area contributed by atoms with E-state index >= 15 is 0 Å². The maximum absolute atomic E-state index is 12.7. The van der Waals surface area contributed by atoms with Gasteiger partial charge in [-0.2, -0.15) is 0 Å². The molecule has 1 aliphatic heterocycles. The molecule has 1 aromatic heterocycles. The number of aromatic nitrogens is 1. The second kappa shape index (κ2) is 9.66. The predicted molar refractivity (Wildman–Crippen MR) is 120 cm³/mol. The Labute approximate surface area is 184 Å². The molecule has 6 nitrogen and oxygen atoms in total. The highest BCUT2D eigenvalue weighted by Gasteiger charge is 2.28. The molecule has 0 radical (unpaired) electrons. The molecule has 7 heteroatoms. The first-order chi connectivity index (χ1) is 15.1. The van der Waals surface area contributed by atoms with Crippen molar-refractivity contribution in [2.24, 2.45) is 5.92 Å². The Balaban J connectivity index is 1.28. The number of nitrogens with zero attached hydrogens (tertiary/aromatic N) is 2. The first kappa shape index (κ1) is 20.9. The highest BCUT2D eigenvalue weighted by molar-refractivity contribution is 7.14. The van der Waals surface area contributed by atoms with Gasteiger partial charge < -0.3 is 4.90 Å². The number of thiazole rings is 1. The smallest absolute Gasteiger partial charge is 0.257 e. The molecule has 0 bridgehead atoms. The number of carbonyl (C=O) groups excluding carboxylic acids is 3. The minimum atomic E-state index is -0.224. The SMILES string of the molecule is O=C(Nc1nc(CC(=O)N2CCC(C(=O)c3ccccc3)CC2)cs1)c1ccccc1. The number of hydrogen-bond donors (Lipinski definition) is 1. The van der Waals surface area contributed by atoms with Crippen LogP contribution >= 0.6 is 11.3 Å². The van der Waals surface area contributed by atoms with E-state index in [2.05, 4.69) is 10.3 Å². The van der Waals surface area contributed by atoms with Crippen molar-refractivity contribution in [2.75, 3.05) is 18.4 Å². The molecule has 0 saturated carbocycles. The second-order valence-corrected chi connectivity index (χ2v) is 8.38. The summed E-state index contributed by atoms with van der Waals surface area (Å²) < 4.78 is 0. The van der Waals surface area contributed by atoms with Crippen LogP contribution in [-0.4, -0.2) is 40.6 Å². The monoisotopic (exact) mass is 433 g/mol. The molecule has 2 amide bonds. The van der Waals surface area contributed by atoms with Gasteiger partial charge >= 0.3 is 0 Å². The fraction of sp³-hybridized carbons (Fsp3) is 0.250. The number of rotatable bonds is 6. The van der Waals surface area contributed by atoms with Gasteiger partial charge in [0.05, 0.1) is 12.1 Å². The standard InChI is InChI=1S/C24H23N3O3S/c28-21(27-13-11-18(12-14-27)22(29)17-7-3-1-4-8-17)15-20-16-31-24(25-20)26-23(30)19-9-5-2-6-10-19/h1-10,16,18H,11-15H2,(H,25,26,30). The van der Waals surface area contributed by atoms with Gasteiger partial charge in [-0.25, -0.2) is 4.98 Å². The third kappa shape index (κ3) is 5.24. The fourth-order valence-electron chi connectivity index (χ4n) is 3.70. The molecular weight excluding hydrogens is 410 g/mol. The Hall–Kier alpha value is -3.32. The normalized spacial score (nSPS) is 14.3. The Kier molecular flexibility index (Phi) is 6.52. The number of amides is 2. The van der Waals surface area contributed by atoms with Crippen molar-refractivity contribution in [1.29, 1.82) is 0 Å². The maximum Gasteiger partial charge on any atom is 0.257 e. The molecule has 0 atom stereocenters. The molecule has 0 unspecified atom stereocenters. The van der Waals surface area contributed by atoms with Crippen LogP contribution in [0.15, 0.2) is 66.0 Å². The number of piperidine rings is 1. The van der Waals surface area contributed by atoms with Crippen LogP contribution in [-0.2, 0) is 11.2 Å². The first-order valence-electron chi connectivity index (χ1n) is 10.3. The molecule has 4 rings (SSSR count). The number of anilines is 1. The fourth-order valence-corrected chi connectivity index (χ4v) is 4.41. The van der Waals surface area contributed by atoms with E-state index in [-0.39, 0.29) is 29.9 Å². The van der Waals surface area contributed by atoms with Crippen LogP contribution in [0.25, 0.3) is 0 Å². The number of Topliss-reactive ketones (excluding diaryl/α,β-unsaturated/α-hetero) is 1. The third-order valence-corrected chi connectivity index (χ3v) is 6.22. The van der Waals surface area contributed by atoms with Crippen molar-refractivity contribution in [3.63, 3.8) is 0 Å². The van der Waals surface area contributed by atoms with Crippen LogP contribution < -0.4 is 5.32 Å². The van der Waals surface area contributed by atoms with E-state index in [1.165, 1.54) is 11.3 Å². The molecule has 31 heavy (non-hydrogen) atoms. The topological polar surface area (TPSA) is 79.4 Å². The summed E-state index contributed by atoms with van der Waals surface area (Å²) in [6.45, 7) is 1.15. The summed E-state index contributed by atoms with van der Waals surface area (Å²) in [5.41, 5.74) is 1.93. The van der Waals surface area contributed by atoms with E-state index in [0.717, 1.165) is 5.56 Å². The van der Waals surface area contributed by atoms with Crippen LogP contribution in [0, 0.1) is 5.92 Å². The van der Waals surface area contributed by atoms with Gasteiger partial charge in [-0.15, -0.1) is 11.3 Å². The van der Waals surface area contributed by atoms with Gasteiger partial charge in [-0.1, -0.05) is 48.5 Å². The largest absolute Gasteiger partial charge is 0.342 e. The van der Waals surface area contributed by atoms with Crippen molar-refractivity contribution >= 4 is 34.1 Å². The summed E-state index contributed by atoms with van der Waals surface area (Å²) >= 11 is 1.30. The Morgan fingerprint density at radius 3 is 2.19 bits per heavy atom. The molecular formula is C24H23N3O3S. The molecule has 3 aromatic rings. The van der Waals surface area contributed by atoms with Crippen molar-refractivity contribution in [3.05, 3.63) is 82.9 Å². The van der Waals surface area contributed by atoms with Crippen LogP contribution in [0.1, 0.15) is 39.3 Å². The summed E-state index contributed by atoms with van der Waals surface area (Å²) in [5, 5.41) is 5.04. The summed E-state index contributed by atoms with van der Waals surface area (Å²) in [7, 11) is 0. The zero-order chi connectivity index (χ0) is 21.6. The summed E-state index contributed by atoms with van der Waals surface area (Å²) in [6, 6.07) is 18.3. The number of nitrogens with one attached hydrogen (secondary N) is 1. The molecule has 1 fully saturated rings. The van der Waals surface area contributed by atoms with Gasteiger partial charge in [-0.3, -0.25) is 19.7 Å². The average Bonchev–Trinajstić information content (AvgIpc) is 3.26. The van der Waals surface area contributed by atoms with Gasteiger partial charge in [0.1, 0.15) is 0 Å². The van der Waals surface area contributed by atoms with Gasteiger partial charge in [0, 0.05) is 35.5 Å². The highest BCUT2D eigenvalue weighted by Crippen LogP contribution is 2.23. The Bertz CT molecular complexity index is 1060. The van der Waals surface area contributed by atoms with E-state index in [0.29, 0.717) is 42.3 Å². The van der Waals surface area contributed by atoms with E-state index in [1.807, 2.05) is 36.4 Å². The van der Waals surface area contributed by atoms with Gasteiger partial charge in [0.15, 0.2) is 10.9 Å². The molecule has 0 spiro atoms. The van der Waals surface area contributed by atoms with E-state index in [4.69, 9.17) is 0 Å². The lowest BCUT2D eigenvalue weighted by molar-refractivity contribution is -0.131. The lowest BCUT2D eigenvalue weighted by atomic mass is 9.89. The lowest BCUT2D eigenvalue weighted by Crippen LogP contribution is -2.41. The number of ketones is 1. The van der Waals surface area contributed by atoms with Crippen LogP contribution in [0.5, 0.6) is 0 Å². The maximum atomic E-state index is 12.7. The van der Waals surface area contributed by atoms with E-state index in [1.54, 1.807) is 34.5 Å². The number of likely N-dealkylation sites (tertiary alicyclic amines) is 1. The third-order valence-electron chi connectivity index (χ3n) is 5.42. The van der Waals surface area contributed by atoms with Crippen LogP contribution in [0.2, 0.25) is 0 Å². The molecule has 2 heterocycles. The van der Waals surface area contributed by atoms with E-state index in [9.17, 15) is 14.4 Å². The number of carbonyl (C=O) groups is 3. The Morgan fingerprint density at radius 1 is 0.935 bits per heavy atom. The lowest BCUT2D eigenvalue weighted by Gasteiger charge is -2.31. The second-order valence-electron chi connectivity index (χ2n) is 7.53. The first-order valence-corrected chi connectivity index (χ1v) is 11.2. The molecule has 1 N–H and O–H groups in total. The summed E-state index contributed by atoms with van der Waals surface area (Å²) in [4.78, 5) is 43.7. The van der Waals surface area contributed by atoms with Gasteiger partial charge in [0.2, 0.25) is 5.91 Å². The van der Waals surface area contributed by atoms with Crippen molar-refractivity contribution in [3.8, 4) is 0 Å². The molecule has 1 saturated heterocycles. The summed E-state index contributed by atoms with van der Waals surface area (Å²) in [5.74, 6) is -0.105. The zero-order valence-corrected chi connectivity index (χ0v) is 17.8. The van der Waals surface area contributed by atoms with Gasteiger partial charge in [-0.05, 0) is 25.0 Å². The Morgan fingerprint density at radius 2 is 1.55 bits per heavy atom. The molecule has 0 aliphatic carbocycles. The molecule has 1 aliphatic rings. The van der Waals surface area contributed by atoms with Crippen LogP contribution in [0.4, 0.5) is 5.13 Å². The average molecular weight is 434 g/mol. The van der Waals surface area contributed by atoms with Crippen molar-refractivity contribution in [2.45, 2.75) is 19.3 Å². The van der Waals surface area contributed by atoms with Crippen molar-refractivity contribution in [1.82, 2.24) is 9.88 Å². The quantitative estimate of drug-likeness (QED) is 0.595. The highest BCUT2D eigenvalue weighted by atomic mass is 32.1. The number of benzene rings is 2. The number of hydrogen-bond acceptors (Lipinski definition) is 5.